The van der Waals surface area contributed by atoms with E-state index in [1.165, 1.54) is 4.90 Å². The maximum absolute atomic E-state index is 11.3. The second-order valence-corrected chi connectivity index (χ2v) is 4.27. The summed E-state index contributed by atoms with van der Waals surface area (Å²) in [7, 11) is 0. The van der Waals surface area contributed by atoms with Crippen LogP contribution in [0.3, 0.4) is 0 Å². The van der Waals surface area contributed by atoms with Gasteiger partial charge in [0.25, 0.3) is 0 Å². The molecular weight excluding hydrogens is 248 g/mol. The number of pyridine rings is 1. The van der Waals surface area contributed by atoms with Gasteiger partial charge in [-0.2, -0.15) is 4.98 Å². The second-order valence-electron chi connectivity index (χ2n) is 4.27. The molecule has 0 N–H and O–H groups in total. The molecule has 7 nitrogen and oxygen atoms in total. The lowest BCUT2D eigenvalue weighted by Crippen LogP contribution is -2.23. The van der Waals surface area contributed by atoms with Gasteiger partial charge < -0.3 is 9.26 Å². The molecule has 1 fully saturated rings. The summed E-state index contributed by atoms with van der Waals surface area (Å²) in [5.74, 6) is 0.795. The Balaban J connectivity index is 1.78. The Morgan fingerprint density at radius 3 is 3.11 bits per heavy atom. The fourth-order valence-electron chi connectivity index (χ4n) is 1.81. The third-order valence-corrected chi connectivity index (χ3v) is 2.78. The molecule has 0 bridgehead atoms. The number of ether oxygens (including phenoxy) is 1. The summed E-state index contributed by atoms with van der Waals surface area (Å²) in [5.41, 5.74) is 1.72. The highest BCUT2D eigenvalue weighted by atomic mass is 16.6. The summed E-state index contributed by atoms with van der Waals surface area (Å²) in [6.07, 6.45) is 1.34. The highest BCUT2D eigenvalue weighted by molar-refractivity contribution is 5.69. The molecule has 2 aromatic rings. The molecule has 0 saturated carbocycles. The molecule has 3 heterocycles. The predicted octanol–water partition coefficient (Wildman–Crippen LogP) is 1.39. The van der Waals surface area contributed by atoms with Gasteiger partial charge in [0.2, 0.25) is 11.7 Å². The number of hydrogen-bond donors (Lipinski definition) is 0. The van der Waals surface area contributed by atoms with Gasteiger partial charge in [0.05, 0.1) is 6.54 Å². The number of carbonyl (C=O) groups excluding carboxylic acids is 1. The van der Waals surface area contributed by atoms with Crippen LogP contribution in [-0.2, 0) is 11.3 Å². The Hall–Kier alpha value is -2.44. The molecule has 1 amide bonds. The van der Waals surface area contributed by atoms with Crippen LogP contribution in [0.25, 0.3) is 11.5 Å². The van der Waals surface area contributed by atoms with Gasteiger partial charge in [0.1, 0.15) is 18.8 Å². The van der Waals surface area contributed by atoms with Crippen molar-refractivity contribution in [1.29, 1.82) is 0 Å². The highest BCUT2D eigenvalue weighted by Gasteiger charge is 2.24. The van der Waals surface area contributed by atoms with E-state index in [2.05, 4.69) is 15.1 Å². The molecular formula is C12H12N4O3. The Morgan fingerprint density at radius 2 is 2.37 bits per heavy atom. The molecule has 0 unspecified atom stereocenters. The summed E-state index contributed by atoms with van der Waals surface area (Å²) in [6.45, 7) is 3.17. The first-order valence-electron chi connectivity index (χ1n) is 5.90. The summed E-state index contributed by atoms with van der Waals surface area (Å²) >= 11 is 0. The molecule has 7 heteroatoms. The van der Waals surface area contributed by atoms with E-state index in [4.69, 9.17) is 9.26 Å². The first-order valence-corrected chi connectivity index (χ1v) is 5.90. The number of nitrogens with zero attached hydrogens (tertiary/aromatic N) is 4. The first kappa shape index (κ1) is 11.6. The van der Waals surface area contributed by atoms with Crippen LogP contribution in [0.5, 0.6) is 0 Å². The standard InChI is InChI=1S/C12H12N4O3/c1-8-2-3-13-9(6-8)11-14-10(19-15-11)7-16-4-5-18-12(16)17/h2-3,6H,4-5,7H2,1H3. The molecule has 0 radical (unpaired) electrons. The van der Waals surface area contributed by atoms with E-state index in [0.717, 1.165) is 5.56 Å². The fourth-order valence-corrected chi connectivity index (χ4v) is 1.81. The molecule has 2 aromatic heterocycles. The molecule has 0 aliphatic carbocycles. The van der Waals surface area contributed by atoms with E-state index < -0.39 is 0 Å². The molecule has 1 aliphatic rings. The van der Waals surface area contributed by atoms with Gasteiger partial charge in [0, 0.05) is 6.20 Å². The van der Waals surface area contributed by atoms with E-state index in [0.29, 0.717) is 30.6 Å². The van der Waals surface area contributed by atoms with E-state index in [-0.39, 0.29) is 12.6 Å². The smallest absolute Gasteiger partial charge is 0.410 e. The zero-order valence-corrected chi connectivity index (χ0v) is 10.4. The fraction of sp³-hybridized carbons (Fsp3) is 0.333. The van der Waals surface area contributed by atoms with Crippen molar-refractivity contribution in [1.82, 2.24) is 20.0 Å². The van der Waals surface area contributed by atoms with Crippen molar-refractivity contribution in [3.05, 3.63) is 29.8 Å². The third kappa shape index (κ3) is 2.40. The van der Waals surface area contributed by atoms with Crippen molar-refractivity contribution in [3.8, 4) is 11.5 Å². The largest absolute Gasteiger partial charge is 0.448 e. The Kier molecular flexibility index (Phi) is 2.86. The molecule has 0 aromatic carbocycles. The summed E-state index contributed by atoms with van der Waals surface area (Å²) < 4.78 is 9.95. The number of aryl methyl sites for hydroxylation is 1. The highest BCUT2D eigenvalue weighted by Crippen LogP contribution is 2.15. The van der Waals surface area contributed by atoms with Crippen LogP contribution in [-0.4, -0.2) is 39.3 Å². The van der Waals surface area contributed by atoms with Crippen LogP contribution in [0.1, 0.15) is 11.5 Å². The van der Waals surface area contributed by atoms with Crippen molar-refractivity contribution in [2.24, 2.45) is 0 Å². The molecule has 0 spiro atoms. The van der Waals surface area contributed by atoms with Crippen molar-refractivity contribution in [2.75, 3.05) is 13.2 Å². The minimum Gasteiger partial charge on any atom is -0.448 e. The first-order chi connectivity index (χ1) is 9.22. The van der Waals surface area contributed by atoms with Crippen LogP contribution in [0.4, 0.5) is 4.79 Å². The van der Waals surface area contributed by atoms with Gasteiger partial charge in [-0.05, 0) is 24.6 Å². The minimum absolute atomic E-state index is 0.262. The molecule has 19 heavy (non-hydrogen) atoms. The maximum Gasteiger partial charge on any atom is 0.410 e. The van der Waals surface area contributed by atoms with E-state index in [1.54, 1.807) is 6.20 Å². The van der Waals surface area contributed by atoms with Crippen molar-refractivity contribution >= 4 is 6.09 Å². The monoisotopic (exact) mass is 260 g/mol. The molecule has 3 rings (SSSR count). The number of hydrogen-bond acceptors (Lipinski definition) is 6. The van der Waals surface area contributed by atoms with Crippen LogP contribution in [0, 0.1) is 6.92 Å². The van der Waals surface area contributed by atoms with Crippen LogP contribution >= 0.6 is 0 Å². The van der Waals surface area contributed by atoms with Crippen molar-refractivity contribution in [3.63, 3.8) is 0 Å². The van der Waals surface area contributed by atoms with E-state index in [1.807, 2.05) is 19.1 Å². The molecule has 0 atom stereocenters. The number of amides is 1. The quantitative estimate of drug-likeness (QED) is 0.829. The van der Waals surface area contributed by atoms with Gasteiger partial charge in [0.15, 0.2) is 0 Å². The minimum atomic E-state index is -0.353. The van der Waals surface area contributed by atoms with Crippen LogP contribution < -0.4 is 0 Å². The van der Waals surface area contributed by atoms with E-state index in [9.17, 15) is 4.79 Å². The van der Waals surface area contributed by atoms with Gasteiger partial charge in [-0.3, -0.25) is 9.88 Å². The van der Waals surface area contributed by atoms with Gasteiger partial charge in [-0.15, -0.1) is 0 Å². The lowest BCUT2D eigenvalue weighted by molar-refractivity contribution is 0.154. The number of rotatable bonds is 3. The number of cyclic esters (lactones) is 1. The summed E-state index contributed by atoms with van der Waals surface area (Å²) in [6, 6.07) is 3.77. The molecule has 98 valence electrons. The zero-order valence-electron chi connectivity index (χ0n) is 10.4. The maximum atomic E-state index is 11.3. The van der Waals surface area contributed by atoms with Crippen LogP contribution in [0.2, 0.25) is 0 Å². The Labute approximate surface area is 109 Å². The number of aromatic nitrogens is 3. The lowest BCUT2D eigenvalue weighted by atomic mass is 10.2. The normalized spacial score (nSPS) is 14.8. The van der Waals surface area contributed by atoms with Gasteiger partial charge in [-0.1, -0.05) is 5.16 Å². The zero-order chi connectivity index (χ0) is 13.2. The summed E-state index contributed by atoms with van der Waals surface area (Å²) in [4.78, 5) is 21.2. The van der Waals surface area contributed by atoms with Crippen molar-refractivity contribution < 1.29 is 14.1 Å². The van der Waals surface area contributed by atoms with Gasteiger partial charge >= 0.3 is 6.09 Å². The average molecular weight is 260 g/mol. The third-order valence-electron chi connectivity index (χ3n) is 2.78. The predicted molar refractivity (Wildman–Crippen MR) is 64.0 cm³/mol. The van der Waals surface area contributed by atoms with Crippen LogP contribution in [0.15, 0.2) is 22.9 Å². The lowest BCUT2D eigenvalue weighted by Gasteiger charge is -2.07. The molecule has 1 aliphatic heterocycles. The SMILES string of the molecule is Cc1ccnc(-c2noc(CN3CCOC3=O)n2)c1. The molecule has 1 saturated heterocycles. The average Bonchev–Trinajstić information content (AvgIpc) is 3.00. The van der Waals surface area contributed by atoms with E-state index >= 15 is 0 Å². The Bertz CT molecular complexity index is 611. The second kappa shape index (κ2) is 4.68. The number of carbonyl (C=O) groups is 1. The topological polar surface area (TPSA) is 81.4 Å². The Morgan fingerprint density at radius 1 is 1.47 bits per heavy atom. The summed E-state index contributed by atoms with van der Waals surface area (Å²) in [5, 5.41) is 3.87. The van der Waals surface area contributed by atoms with Crippen molar-refractivity contribution in [2.45, 2.75) is 13.5 Å². The van der Waals surface area contributed by atoms with Gasteiger partial charge in [-0.25, -0.2) is 4.79 Å².